The van der Waals surface area contributed by atoms with Crippen molar-refractivity contribution in [2.45, 2.75) is 70.9 Å². The van der Waals surface area contributed by atoms with Crippen molar-refractivity contribution in [1.29, 1.82) is 0 Å². The van der Waals surface area contributed by atoms with E-state index in [4.69, 9.17) is 0 Å². The van der Waals surface area contributed by atoms with Gasteiger partial charge in [-0.25, -0.2) is 9.59 Å². The third-order valence-electron chi connectivity index (χ3n) is 4.92. The maximum Gasteiger partial charge on any atom is 0.329 e. The molecule has 2 aliphatic carbocycles. The summed E-state index contributed by atoms with van der Waals surface area (Å²) < 4.78 is 0. The standard InChI is InChI=1S/C16H28N2O3/c1-11(2)18(10-13-4-5-13)15(21)17-16(14(19)20)8-6-12(3)7-9-16/h11-13H,4-10H2,1-3H3,(H,17,21)(H,19,20). The molecule has 0 unspecified atom stereocenters. The number of urea groups is 1. The molecule has 0 atom stereocenters. The molecule has 0 radical (unpaired) electrons. The highest BCUT2D eigenvalue weighted by Gasteiger charge is 2.43. The van der Waals surface area contributed by atoms with E-state index in [0.29, 0.717) is 24.7 Å². The summed E-state index contributed by atoms with van der Waals surface area (Å²) in [7, 11) is 0. The molecule has 2 aliphatic rings. The van der Waals surface area contributed by atoms with Crippen molar-refractivity contribution >= 4 is 12.0 Å². The molecule has 2 amide bonds. The van der Waals surface area contributed by atoms with Crippen molar-refractivity contribution in [3.05, 3.63) is 0 Å². The van der Waals surface area contributed by atoms with Gasteiger partial charge in [0.1, 0.15) is 5.54 Å². The number of hydrogen-bond acceptors (Lipinski definition) is 2. The van der Waals surface area contributed by atoms with E-state index >= 15 is 0 Å². The van der Waals surface area contributed by atoms with Crippen molar-refractivity contribution in [1.82, 2.24) is 10.2 Å². The summed E-state index contributed by atoms with van der Waals surface area (Å²) in [5.74, 6) is 0.255. The third-order valence-corrected chi connectivity index (χ3v) is 4.92. The minimum Gasteiger partial charge on any atom is -0.480 e. The summed E-state index contributed by atoms with van der Waals surface area (Å²) >= 11 is 0. The minimum absolute atomic E-state index is 0.0963. The summed E-state index contributed by atoms with van der Waals surface area (Å²) in [4.78, 5) is 26.1. The predicted octanol–water partition coefficient (Wildman–Crippen LogP) is 2.85. The molecule has 0 aliphatic heterocycles. The van der Waals surface area contributed by atoms with Crippen LogP contribution < -0.4 is 5.32 Å². The van der Waals surface area contributed by atoms with Crippen molar-refractivity contribution in [3.63, 3.8) is 0 Å². The van der Waals surface area contributed by atoms with Crippen molar-refractivity contribution in [2.75, 3.05) is 6.54 Å². The van der Waals surface area contributed by atoms with Gasteiger partial charge in [-0.05, 0) is 64.2 Å². The lowest BCUT2D eigenvalue weighted by molar-refractivity contribution is -0.146. The number of carbonyl (C=O) groups excluding carboxylic acids is 1. The molecule has 0 spiro atoms. The normalized spacial score (nSPS) is 29.2. The number of carboxylic acid groups (broad SMARTS) is 1. The van der Waals surface area contributed by atoms with Gasteiger partial charge < -0.3 is 15.3 Å². The maximum absolute atomic E-state index is 12.6. The quantitative estimate of drug-likeness (QED) is 0.819. The Bertz CT molecular complexity index is 396. The number of nitrogens with one attached hydrogen (secondary N) is 1. The van der Waals surface area contributed by atoms with Gasteiger partial charge in [0.2, 0.25) is 0 Å². The van der Waals surface area contributed by atoms with Crippen LogP contribution in [0.3, 0.4) is 0 Å². The zero-order valence-corrected chi connectivity index (χ0v) is 13.4. The first kappa shape index (κ1) is 16.1. The van der Waals surface area contributed by atoms with Gasteiger partial charge in [0.25, 0.3) is 0 Å². The molecule has 0 aromatic carbocycles. The summed E-state index contributed by atoms with van der Waals surface area (Å²) in [6.45, 7) is 6.85. The topological polar surface area (TPSA) is 69.6 Å². The van der Waals surface area contributed by atoms with Gasteiger partial charge in [-0.3, -0.25) is 0 Å². The summed E-state index contributed by atoms with van der Waals surface area (Å²) in [5, 5.41) is 12.5. The molecule has 5 nitrogen and oxygen atoms in total. The van der Waals surface area contributed by atoms with Crippen molar-refractivity contribution in [2.24, 2.45) is 11.8 Å². The molecule has 2 fully saturated rings. The summed E-state index contributed by atoms with van der Waals surface area (Å²) in [6.07, 6.45) is 5.14. The Morgan fingerprint density at radius 3 is 2.24 bits per heavy atom. The fourth-order valence-corrected chi connectivity index (χ4v) is 3.03. The Kier molecular flexibility index (Phi) is 4.79. The SMILES string of the molecule is CC1CCC(NC(=O)N(CC2CC2)C(C)C)(C(=O)O)CC1. The Morgan fingerprint density at radius 1 is 1.24 bits per heavy atom. The molecule has 5 heteroatoms. The number of nitrogens with zero attached hydrogens (tertiary/aromatic N) is 1. The van der Waals surface area contributed by atoms with Gasteiger partial charge in [-0.2, -0.15) is 0 Å². The molecule has 0 aromatic heterocycles. The monoisotopic (exact) mass is 296 g/mol. The van der Waals surface area contributed by atoms with Gasteiger partial charge >= 0.3 is 12.0 Å². The highest BCUT2D eigenvalue weighted by molar-refractivity contribution is 5.86. The van der Waals surface area contributed by atoms with Gasteiger partial charge in [0, 0.05) is 12.6 Å². The van der Waals surface area contributed by atoms with E-state index in [1.165, 1.54) is 12.8 Å². The molecular formula is C16H28N2O3. The first-order valence-electron chi connectivity index (χ1n) is 8.16. The van der Waals surface area contributed by atoms with E-state index in [2.05, 4.69) is 12.2 Å². The Hall–Kier alpha value is -1.26. The van der Waals surface area contributed by atoms with Crippen LogP contribution in [0.25, 0.3) is 0 Å². The fraction of sp³-hybridized carbons (Fsp3) is 0.875. The highest BCUT2D eigenvalue weighted by atomic mass is 16.4. The first-order chi connectivity index (χ1) is 9.84. The van der Waals surface area contributed by atoms with Crippen LogP contribution in [-0.2, 0) is 4.79 Å². The van der Waals surface area contributed by atoms with Crippen molar-refractivity contribution in [3.8, 4) is 0 Å². The lowest BCUT2D eigenvalue weighted by Crippen LogP contribution is -2.60. The molecular weight excluding hydrogens is 268 g/mol. The lowest BCUT2D eigenvalue weighted by Gasteiger charge is -2.39. The van der Waals surface area contributed by atoms with Gasteiger partial charge in [-0.15, -0.1) is 0 Å². The summed E-state index contributed by atoms with van der Waals surface area (Å²) in [6, 6.07) is -0.118. The highest BCUT2D eigenvalue weighted by Crippen LogP contribution is 2.33. The molecule has 0 heterocycles. The number of carboxylic acids is 1. The van der Waals surface area contributed by atoms with Crippen LogP contribution in [0.1, 0.15) is 59.3 Å². The Labute approximate surface area is 127 Å². The molecule has 21 heavy (non-hydrogen) atoms. The van der Waals surface area contributed by atoms with E-state index in [1.54, 1.807) is 4.90 Å². The average molecular weight is 296 g/mol. The van der Waals surface area contributed by atoms with Crippen LogP contribution in [0.5, 0.6) is 0 Å². The second kappa shape index (κ2) is 6.24. The minimum atomic E-state index is -1.07. The van der Waals surface area contributed by atoms with Crippen LogP contribution in [0.15, 0.2) is 0 Å². The van der Waals surface area contributed by atoms with Crippen LogP contribution in [-0.4, -0.2) is 40.1 Å². The molecule has 0 bridgehead atoms. The molecule has 2 N–H and O–H groups in total. The number of carbonyl (C=O) groups is 2. The predicted molar refractivity (Wildman–Crippen MR) is 81.1 cm³/mol. The first-order valence-corrected chi connectivity index (χ1v) is 8.16. The molecule has 0 aromatic rings. The van der Waals surface area contributed by atoms with E-state index in [0.717, 1.165) is 19.4 Å². The molecule has 2 rings (SSSR count). The zero-order valence-electron chi connectivity index (χ0n) is 13.4. The number of amides is 2. The number of aliphatic carboxylic acids is 1. The van der Waals surface area contributed by atoms with E-state index in [9.17, 15) is 14.7 Å². The Morgan fingerprint density at radius 2 is 1.81 bits per heavy atom. The Balaban J connectivity index is 2.04. The van der Waals surface area contributed by atoms with Gasteiger partial charge in [0.05, 0.1) is 0 Å². The zero-order chi connectivity index (χ0) is 15.6. The van der Waals surface area contributed by atoms with E-state index in [1.807, 2.05) is 13.8 Å². The molecule has 120 valence electrons. The van der Waals surface area contributed by atoms with Crippen LogP contribution in [0.4, 0.5) is 4.79 Å². The molecule has 0 saturated heterocycles. The largest absolute Gasteiger partial charge is 0.480 e. The summed E-state index contributed by atoms with van der Waals surface area (Å²) in [5.41, 5.74) is -1.07. The smallest absolute Gasteiger partial charge is 0.329 e. The van der Waals surface area contributed by atoms with Crippen molar-refractivity contribution < 1.29 is 14.7 Å². The third kappa shape index (κ3) is 3.89. The fourth-order valence-electron chi connectivity index (χ4n) is 3.03. The lowest BCUT2D eigenvalue weighted by atomic mass is 9.77. The average Bonchev–Trinajstić information content (AvgIpc) is 3.22. The van der Waals surface area contributed by atoms with E-state index < -0.39 is 11.5 Å². The van der Waals surface area contributed by atoms with Gasteiger partial charge in [0.15, 0.2) is 0 Å². The number of hydrogen-bond donors (Lipinski definition) is 2. The number of rotatable bonds is 5. The van der Waals surface area contributed by atoms with Crippen LogP contribution >= 0.6 is 0 Å². The van der Waals surface area contributed by atoms with Crippen LogP contribution in [0.2, 0.25) is 0 Å². The van der Waals surface area contributed by atoms with E-state index in [-0.39, 0.29) is 12.1 Å². The second-order valence-corrected chi connectivity index (χ2v) is 7.19. The van der Waals surface area contributed by atoms with Gasteiger partial charge in [-0.1, -0.05) is 6.92 Å². The maximum atomic E-state index is 12.6. The van der Waals surface area contributed by atoms with Crippen LogP contribution in [0, 0.1) is 11.8 Å². The molecule has 2 saturated carbocycles. The second-order valence-electron chi connectivity index (χ2n) is 7.19.